The van der Waals surface area contributed by atoms with Crippen molar-refractivity contribution in [3.05, 3.63) is 75.9 Å². The van der Waals surface area contributed by atoms with Crippen LogP contribution in [-0.4, -0.2) is 43.3 Å². The van der Waals surface area contributed by atoms with Crippen LogP contribution in [0.1, 0.15) is 57.9 Å². The molecule has 2 N–H and O–H groups in total. The van der Waals surface area contributed by atoms with Crippen LogP contribution in [0.5, 0.6) is 0 Å². The first kappa shape index (κ1) is 21.3. The Morgan fingerprint density at radius 1 is 1.26 bits per heavy atom. The van der Waals surface area contributed by atoms with Gasteiger partial charge >= 0.3 is 0 Å². The highest BCUT2D eigenvalue weighted by Crippen LogP contribution is 2.29. The highest BCUT2D eigenvalue weighted by molar-refractivity contribution is 5.98. The number of nitrogens with two attached hydrogens (primary N) is 1. The molecule has 1 unspecified atom stereocenters. The van der Waals surface area contributed by atoms with Crippen LogP contribution >= 0.6 is 0 Å². The summed E-state index contributed by atoms with van der Waals surface area (Å²) < 4.78 is 5.74. The quantitative estimate of drug-likeness (QED) is 0.693. The lowest BCUT2D eigenvalue weighted by molar-refractivity contribution is 0.0545. The predicted octanol–water partition coefficient (Wildman–Crippen LogP) is 3.97. The molecule has 0 aliphatic carbocycles. The van der Waals surface area contributed by atoms with E-state index in [2.05, 4.69) is 36.2 Å². The number of carbonyl (C=O) groups excluding carboxylic acids is 1. The monoisotopic (exact) mass is 417 g/mol. The number of amides is 1. The Bertz CT molecular complexity index is 1000. The summed E-state index contributed by atoms with van der Waals surface area (Å²) in [6.45, 7) is 4.39. The largest absolute Gasteiger partial charge is 0.398 e. The van der Waals surface area contributed by atoms with Crippen molar-refractivity contribution in [2.24, 2.45) is 10.7 Å². The molecule has 0 bridgehead atoms. The molecule has 0 aromatic heterocycles. The fraction of sp³-hybridized carbons (Fsp3) is 0.385. The van der Waals surface area contributed by atoms with Gasteiger partial charge in [-0.3, -0.25) is 9.79 Å². The zero-order valence-corrected chi connectivity index (χ0v) is 18.4. The average Bonchev–Trinajstić information content (AvgIpc) is 3.40. The molecular weight excluding hydrogens is 386 g/mol. The fourth-order valence-corrected chi connectivity index (χ4v) is 4.48. The number of carbonyl (C=O) groups is 1. The Morgan fingerprint density at radius 3 is 2.74 bits per heavy atom. The van der Waals surface area contributed by atoms with Crippen LogP contribution in [0.25, 0.3) is 5.70 Å². The zero-order chi connectivity index (χ0) is 21.8. The van der Waals surface area contributed by atoms with Crippen molar-refractivity contribution in [3.63, 3.8) is 0 Å². The van der Waals surface area contributed by atoms with E-state index < -0.39 is 0 Å². The fourth-order valence-electron chi connectivity index (χ4n) is 4.48. The summed E-state index contributed by atoms with van der Waals surface area (Å²) >= 11 is 0. The molecule has 2 aliphatic rings. The van der Waals surface area contributed by atoms with Gasteiger partial charge in [0.25, 0.3) is 5.91 Å². The SMILES string of the molecule is CCc1cc2c(cc1Cc1ccc(C(N)=CC=NC)cc1)C(=O)N(CC1CCCO1)C2. The first-order valence-corrected chi connectivity index (χ1v) is 11.1. The Kier molecular flexibility index (Phi) is 6.52. The van der Waals surface area contributed by atoms with Crippen molar-refractivity contribution in [1.29, 1.82) is 0 Å². The van der Waals surface area contributed by atoms with Crippen molar-refractivity contribution in [3.8, 4) is 0 Å². The molecule has 2 aromatic rings. The van der Waals surface area contributed by atoms with Crippen molar-refractivity contribution in [2.75, 3.05) is 20.2 Å². The van der Waals surface area contributed by atoms with Crippen molar-refractivity contribution < 1.29 is 9.53 Å². The number of ether oxygens (including phenoxy) is 1. The van der Waals surface area contributed by atoms with Crippen LogP contribution in [0.3, 0.4) is 0 Å². The van der Waals surface area contributed by atoms with Crippen molar-refractivity contribution in [1.82, 2.24) is 4.90 Å². The minimum atomic E-state index is 0.139. The topological polar surface area (TPSA) is 67.9 Å². The first-order chi connectivity index (χ1) is 15.1. The van der Waals surface area contributed by atoms with E-state index in [9.17, 15) is 4.79 Å². The maximum absolute atomic E-state index is 13.0. The van der Waals surface area contributed by atoms with Gasteiger partial charge in [-0.15, -0.1) is 0 Å². The van der Waals surface area contributed by atoms with E-state index in [-0.39, 0.29) is 12.0 Å². The highest BCUT2D eigenvalue weighted by Gasteiger charge is 2.31. The third-order valence-corrected chi connectivity index (χ3v) is 6.22. The standard InChI is InChI=1S/C26H31N3O2/c1-3-19-14-22-16-29(17-23-5-4-12-31-23)26(30)24(22)15-21(19)13-18-6-8-20(9-7-18)25(27)10-11-28-2/h6-11,14-15,23H,3-5,12-13,16-17,27H2,1-2H3. The molecule has 0 radical (unpaired) electrons. The molecular formula is C26H31N3O2. The molecule has 0 spiro atoms. The number of aliphatic imine (C=N–C) groups is 1. The van der Waals surface area contributed by atoms with Crippen LogP contribution < -0.4 is 5.73 Å². The number of hydrogen-bond donors (Lipinski definition) is 1. The summed E-state index contributed by atoms with van der Waals surface area (Å²) in [6.07, 6.45) is 7.58. The smallest absolute Gasteiger partial charge is 0.254 e. The van der Waals surface area contributed by atoms with E-state index in [0.29, 0.717) is 18.8 Å². The molecule has 31 heavy (non-hydrogen) atoms. The third kappa shape index (κ3) is 4.72. The van der Waals surface area contributed by atoms with E-state index in [4.69, 9.17) is 10.5 Å². The number of fused-ring (bicyclic) bond motifs is 1. The van der Waals surface area contributed by atoms with Gasteiger partial charge in [0.15, 0.2) is 0 Å². The summed E-state index contributed by atoms with van der Waals surface area (Å²) in [5, 5.41) is 0. The minimum Gasteiger partial charge on any atom is -0.398 e. The maximum Gasteiger partial charge on any atom is 0.254 e. The minimum absolute atomic E-state index is 0.139. The molecule has 1 amide bonds. The van der Waals surface area contributed by atoms with E-state index >= 15 is 0 Å². The van der Waals surface area contributed by atoms with Crippen LogP contribution in [0, 0.1) is 0 Å². The third-order valence-electron chi connectivity index (χ3n) is 6.22. The molecule has 0 saturated carbocycles. The van der Waals surface area contributed by atoms with Crippen LogP contribution in [0.15, 0.2) is 47.5 Å². The van der Waals surface area contributed by atoms with Gasteiger partial charge in [0.1, 0.15) is 0 Å². The molecule has 2 heterocycles. The van der Waals surface area contributed by atoms with Crippen LogP contribution in [0.4, 0.5) is 0 Å². The first-order valence-electron chi connectivity index (χ1n) is 11.1. The summed E-state index contributed by atoms with van der Waals surface area (Å²) in [5.74, 6) is 0.139. The van der Waals surface area contributed by atoms with Gasteiger partial charge in [-0.25, -0.2) is 0 Å². The second kappa shape index (κ2) is 9.48. The van der Waals surface area contributed by atoms with Gasteiger partial charge in [0.2, 0.25) is 0 Å². The van der Waals surface area contributed by atoms with E-state index in [0.717, 1.165) is 49.0 Å². The van der Waals surface area contributed by atoms with E-state index in [1.165, 1.54) is 16.7 Å². The summed E-state index contributed by atoms with van der Waals surface area (Å²) in [5.41, 5.74) is 13.5. The number of benzene rings is 2. The van der Waals surface area contributed by atoms with Gasteiger partial charge in [0, 0.05) is 44.2 Å². The number of allylic oxidation sites excluding steroid dienone is 1. The van der Waals surface area contributed by atoms with Crippen molar-refractivity contribution >= 4 is 17.8 Å². The van der Waals surface area contributed by atoms with E-state index in [1.54, 1.807) is 19.3 Å². The highest BCUT2D eigenvalue weighted by atomic mass is 16.5. The molecule has 1 fully saturated rings. The van der Waals surface area contributed by atoms with Crippen LogP contribution in [0.2, 0.25) is 0 Å². The lowest BCUT2D eigenvalue weighted by atomic mass is 9.93. The predicted molar refractivity (Wildman–Crippen MR) is 125 cm³/mol. The Labute approximate surface area is 184 Å². The number of hydrogen-bond acceptors (Lipinski definition) is 4. The Hall–Kier alpha value is -2.92. The number of nitrogens with zero attached hydrogens (tertiary/aromatic N) is 2. The van der Waals surface area contributed by atoms with Gasteiger partial charge in [-0.1, -0.05) is 37.3 Å². The molecule has 1 atom stereocenters. The lowest BCUT2D eigenvalue weighted by Gasteiger charge is -2.19. The Balaban J connectivity index is 1.52. The number of rotatable bonds is 7. The van der Waals surface area contributed by atoms with Crippen molar-refractivity contribution in [2.45, 2.75) is 45.3 Å². The summed E-state index contributed by atoms with van der Waals surface area (Å²) in [7, 11) is 1.72. The van der Waals surface area contributed by atoms with Gasteiger partial charge in [-0.2, -0.15) is 0 Å². The van der Waals surface area contributed by atoms with Gasteiger partial charge in [-0.05, 0) is 65.6 Å². The summed E-state index contributed by atoms with van der Waals surface area (Å²) in [6, 6.07) is 12.6. The lowest BCUT2D eigenvalue weighted by Crippen LogP contribution is -2.32. The second-order valence-corrected chi connectivity index (χ2v) is 8.36. The summed E-state index contributed by atoms with van der Waals surface area (Å²) in [4.78, 5) is 18.9. The molecule has 1 saturated heterocycles. The Morgan fingerprint density at radius 2 is 2.06 bits per heavy atom. The molecule has 5 nitrogen and oxygen atoms in total. The average molecular weight is 418 g/mol. The van der Waals surface area contributed by atoms with Gasteiger partial charge < -0.3 is 15.4 Å². The second-order valence-electron chi connectivity index (χ2n) is 8.36. The van der Waals surface area contributed by atoms with Gasteiger partial charge in [0.05, 0.1) is 6.10 Å². The molecule has 162 valence electrons. The molecule has 2 aromatic carbocycles. The molecule has 4 rings (SSSR count). The molecule has 5 heteroatoms. The zero-order valence-electron chi connectivity index (χ0n) is 18.4. The van der Waals surface area contributed by atoms with E-state index in [1.807, 2.05) is 17.0 Å². The van der Waals surface area contributed by atoms with Crippen LogP contribution in [-0.2, 0) is 24.1 Å². The maximum atomic E-state index is 13.0. The molecule has 2 aliphatic heterocycles. The normalized spacial score (nSPS) is 18.9. The number of aryl methyl sites for hydroxylation is 1.